The van der Waals surface area contributed by atoms with Gasteiger partial charge in [-0.2, -0.15) is 0 Å². The van der Waals surface area contributed by atoms with E-state index in [4.69, 9.17) is 25.8 Å². The van der Waals surface area contributed by atoms with Gasteiger partial charge in [-0.15, -0.1) is 0 Å². The van der Waals surface area contributed by atoms with E-state index in [1.807, 2.05) is 0 Å². The van der Waals surface area contributed by atoms with Crippen LogP contribution in [0.5, 0.6) is 5.75 Å². The molecular weight excluding hydrogens is 292 g/mol. The molecule has 0 aromatic heterocycles. The minimum atomic E-state index is -0.0703. The Labute approximate surface area is 130 Å². The molecule has 1 aliphatic rings. The van der Waals surface area contributed by atoms with Crippen molar-refractivity contribution in [3.63, 3.8) is 0 Å². The van der Waals surface area contributed by atoms with Crippen molar-refractivity contribution in [2.24, 2.45) is 0 Å². The van der Waals surface area contributed by atoms with Gasteiger partial charge in [-0.05, 0) is 43.9 Å². The van der Waals surface area contributed by atoms with Gasteiger partial charge in [0, 0.05) is 12.7 Å². The first-order valence-corrected chi connectivity index (χ1v) is 7.53. The highest BCUT2D eigenvalue weighted by Crippen LogP contribution is 2.26. The molecule has 0 heterocycles. The maximum Gasteiger partial charge on any atom is 0.188 e. The largest absolute Gasteiger partial charge is 0.495 e. The molecule has 0 spiro atoms. The third-order valence-electron chi connectivity index (χ3n) is 3.84. The number of carbonyl (C=O) groups excluding carboxylic acids is 1. The Balaban J connectivity index is 1.88. The number of Topliss-reactive ketones (excluding diaryl/α,β-unsaturated/α-hetero) is 1. The average Bonchev–Trinajstić information content (AvgIpc) is 2.52. The van der Waals surface area contributed by atoms with Crippen molar-refractivity contribution in [2.45, 2.75) is 37.9 Å². The highest BCUT2D eigenvalue weighted by Gasteiger charge is 2.23. The molecule has 116 valence electrons. The maximum absolute atomic E-state index is 12.1. The van der Waals surface area contributed by atoms with Crippen LogP contribution in [-0.2, 0) is 9.47 Å². The lowest BCUT2D eigenvalue weighted by atomic mass is 9.95. The standard InChI is InChI=1S/C16H21ClO4/c1-19-12-4-3-5-13(9-12)21-10-15(18)11-6-7-16(20-2)14(17)8-11/h6-8,12-13H,3-5,9-10H2,1-2H3. The molecule has 1 aromatic rings. The number of ether oxygens (including phenoxy) is 3. The smallest absolute Gasteiger partial charge is 0.188 e. The van der Waals surface area contributed by atoms with Crippen LogP contribution in [0.15, 0.2) is 18.2 Å². The molecule has 0 saturated heterocycles. The van der Waals surface area contributed by atoms with Crippen LogP contribution in [0.1, 0.15) is 36.0 Å². The summed E-state index contributed by atoms with van der Waals surface area (Å²) in [6.07, 6.45) is 4.32. The van der Waals surface area contributed by atoms with Gasteiger partial charge in [0.05, 0.1) is 24.3 Å². The van der Waals surface area contributed by atoms with Gasteiger partial charge in [0.15, 0.2) is 5.78 Å². The van der Waals surface area contributed by atoms with Crippen LogP contribution in [0, 0.1) is 0 Å². The first kappa shape index (κ1) is 16.3. The van der Waals surface area contributed by atoms with Crippen LogP contribution in [0.25, 0.3) is 0 Å². The average molecular weight is 313 g/mol. The Hall–Kier alpha value is -1.10. The quantitative estimate of drug-likeness (QED) is 0.754. The third-order valence-corrected chi connectivity index (χ3v) is 4.13. The van der Waals surface area contributed by atoms with Gasteiger partial charge in [-0.3, -0.25) is 4.79 Å². The van der Waals surface area contributed by atoms with Gasteiger partial charge in [0.1, 0.15) is 12.4 Å². The SMILES string of the molecule is COc1ccc(C(=O)COC2CCCC(OC)C2)cc1Cl. The van der Waals surface area contributed by atoms with Crippen molar-refractivity contribution < 1.29 is 19.0 Å². The highest BCUT2D eigenvalue weighted by molar-refractivity contribution is 6.32. The number of hydrogen-bond acceptors (Lipinski definition) is 4. The Morgan fingerprint density at radius 3 is 2.71 bits per heavy atom. The molecule has 1 fully saturated rings. The van der Waals surface area contributed by atoms with E-state index < -0.39 is 0 Å². The summed E-state index contributed by atoms with van der Waals surface area (Å²) in [5.41, 5.74) is 0.542. The molecule has 2 unspecified atom stereocenters. The Bertz CT molecular complexity index is 489. The van der Waals surface area contributed by atoms with Crippen LogP contribution in [0.2, 0.25) is 5.02 Å². The molecule has 0 bridgehead atoms. The molecule has 0 N–H and O–H groups in total. The second kappa shape index (κ2) is 7.78. The minimum Gasteiger partial charge on any atom is -0.495 e. The van der Waals surface area contributed by atoms with Gasteiger partial charge in [-0.25, -0.2) is 0 Å². The number of benzene rings is 1. The number of methoxy groups -OCH3 is 2. The lowest BCUT2D eigenvalue weighted by Gasteiger charge is -2.28. The predicted molar refractivity (Wildman–Crippen MR) is 81.3 cm³/mol. The summed E-state index contributed by atoms with van der Waals surface area (Å²) in [6.45, 7) is 0.0732. The number of halogens is 1. The number of rotatable bonds is 6. The summed E-state index contributed by atoms with van der Waals surface area (Å²) in [6, 6.07) is 5.01. The van der Waals surface area contributed by atoms with Crippen molar-refractivity contribution in [1.82, 2.24) is 0 Å². The van der Waals surface area contributed by atoms with Gasteiger partial charge in [0.2, 0.25) is 0 Å². The van der Waals surface area contributed by atoms with E-state index in [1.165, 1.54) is 0 Å². The van der Waals surface area contributed by atoms with Gasteiger partial charge in [0.25, 0.3) is 0 Å². The molecule has 0 amide bonds. The molecule has 2 rings (SSSR count). The zero-order valence-corrected chi connectivity index (χ0v) is 13.2. The van der Waals surface area contributed by atoms with E-state index >= 15 is 0 Å². The van der Waals surface area contributed by atoms with E-state index in [0.717, 1.165) is 25.7 Å². The predicted octanol–water partition coefficient (Wildman–Crippen LogP) is 3.51. The molecule has 2 atom stereocenters. The molecular formula is C16H21ClO4. The van der Waals surface area contributed by atoms with Crippen LogP contribution in [-0.4, -0.2) is 38.8 Å². The first-order valence-electron chi connectivity index (χ1n) is 7.15. The Morgan fingerprint density at radius 1 is 1.29 bits per heavy atom. The van der Waals surface area contributed by atoms with Crippen molar-refractivity contribution in [2.75, 3.05) is 20.8 Å². The van der Waals surface area contributed by atoms with Crippen molar-refractivity contribution in [1.29, 1.82) is 0 Å². The van der Waals surface area contributed by atoms with Gasteiger partial charge in [-0.1, -0.05) is 11.6 Å². The van der Waals surface area contributed by atoms with Gasteiger partial charge >= 0.3 is 0 Å². The summed E-state index contributed by atoms with van der Waals surface area (Å²) >= 11 is 6.03. The molecule has 1 aromatic carbocycles. The zero-order chi connectivity index (χ0) is 15.2. The van der Waals surface area contributed by atoms with Crippen LogP contribution < -0.4 is 4.74 Å². The molecule has 21 heavy (non-hydrogen) atoms. The van der Waals surface area contributed by atoms with Crippen molar-refractivity contribution in [3.8, 4) is 5.75 Å². The normalized spacial score (nSPS) is 22.0. The number of carbonyl (C=O) groups is 1. The monoisotopic (exact) mass is 312 g/mol. The third kappa shape index (κ3) is 4.43. The Kier molecular flexibility index (Phi) is 6.03. The highest BCUT2D eigenvalue weighted by atomic mass is 35.5. The first-order chi connectivity index (χ1) is 10.1. The van der Waals surface area contributed by atoms with E-state index in [2.05, 4.69) is 0 Å². The van der Waals surface area contributed by atoms with Crippen LogP contribution >= 0.6 is 11.6 Å². The summed E-state index contributed by atoms with van der Waals surface area (Å²) in [5, 5.41) is 0.431. The second-order valence-electron chi connectivity index (χ2n) is 5.23. The Morgan fingerprint density at radius 2 is 2.05 bits per heavy atom. The zero-order valence-electron chi connectivity index (χ0n) is 12.4. The molecule has 1 saturated carbocycles. The van der Waals surface area contributed by atoms with E-state index in [0.29, 0.717) is 16.3 Å². The summed E-state index contributed by atoms with van der Waals surface area (Å²) in [5.74, 6) is 0.489. The molecule has 0 radical (unpaired) electrons. The molecule has 5 heteroatoms. The fourth-order valence-corrected chi connectivity index (χ4v) is 2.84. The maximum atomic E-state index is 12.1. The van der Waals surface area contributed by atoms with Crippen LogP contribution in [0.3, 0.4) is 0 Å². The fourth-order valence-electron chi connectivity index (χ4n) is 2.58. The van der Waals surface area contributed by atoms with Crippen LogP contribution in [0.4, 0.5) is 0 Å². The summed E-state index contributed by atoms with van der Waals surface area (Å²) < 4.78 is 16.2. The van der Waals surface area contributed by atoms with Crippen molar-refractivity contribution >= 4 is 17.4 Å². The topological polar surface area (TPSA) is 44.8 Å². The van der Waals surface area contributed by atoms with Gasteiger partial charge < -0.3 is 14.2 Å². The van der Waals surface area contributed by atoms with E-state index in [-0.39, 0.29) is 24.6 Å². The summed E-state index contributed by atoms with van der Waals surface area (Å²) in [7, 11) is 3.26. The fraction of sp³-hybridized carbons (Fsp3) is 0.562. The second-order valence-corrected chi connectivity index (χ2v) is 5.64. The molecule has 4 nitrogen and oxygen atoms in total. The minimum absolute atomic E-state index is 0.0703. The number of ketones is 1. The number of hydrogen-bond donors (Lipinski definition) is 0. The summed E-state index contributed by atoms with van der Waals surface area (Å²) in [4.78, 5) is 12.1. The van der Waals surface area contributed by atoms with Crippen molar-refractivity contribution in [3.05, 3.63) is 28.8 Å². The lowest BCUT2D eigenvalue weighted by Crippen LogP contribution is -2.29. The van der Waals surface area contributed by atoms with E-state index in [1.54, 1.807) is 32.4 Å². The lowest BCUT2D eigenvalue weighted by molar-refractivity contribution is -0.0243. The van der Waals surface area contributed by atoms with E-state index in [9.17, 15) is 4.79 Å². The molecule has 1 aliphatic carbocycles. The molecule has 0 aliphatic heterocycles.